The number of amidine groups is 1. The Hall–Kier alpha value is -2.19. The highest BCUT2D eigenvalue weighted by molar-refractivity contribution is 8.18. The minimum atomic E-state index is -0.0886. The highest BCUT2D eigenvalue weighted by Gasteiger charge is 2.32. The minimum absolute atomic E-state index is 0.0886. The Labute approximate surface area is 135 Å². The maximum atomic E-state index is 12.4. The van der Waals surface area contributed by atoms with Crippen LogP contribution in [-0.4, -0.2) is 42.4 Å². The molecule has 3 heterocycles. The van der Waals surface area contributed by atoms with E-state index in [9.17, 15) is 4.79 Å². The van der Waals surface area contributed by atoms with Gasteiger partial charge in [-0.1, -0.05) is 17.7 Å². The second kappa shape index (κ2) is 6.29. The molecule has 0 atom stereocenters. The first kappa shape index (κ1) is 14.7. The Morgan fingerprint density at radius 1 is 1.36 bits per heavy atom. The van der Waals surface area contributed by atoms with E-state index in [4.69, 9.17) is 11.6 Å². The van der Waals surface area contributed by atoms with Gasteiger partial charge in [0.2, 0.25) is 0 Å². The van der Waals surface area contributed by atoms with Gasteiger partial charge < -0.3 is 0 Å². The SMILES string of the molecule is CCN1C(=O)/C(=C\c2ccc(Cl)nc2)S/C1=N\n1cnnc1. The van der Waals surface area contributed by atoms with Crippen molar-refractivity contribution in [1.82, 2.24) is 24.8 Å². The Bertz CT molecular complexity index is 740. The fraction of sp³-hybridized carbons (Fsp3) is 0.154. The van der Waals surface area contributed by atoms with Gasteiger partial charge in [-0.25, -0.2) is 9.66 Å². The second-order valence-electron chi connectivity index (χ2n) is 4.30. The molecular weight excluding hydrogens is 324 g/mol. The molecule has 0 aliphatic carbocycles. The maximum absolute atomic E-state index is 12.4. The van der Waals surface area contributed by atoms with Gasteiger partial charge in [-0.3, -0.25) is 9.69 Å². The van der Waals surface area contributed by atoms with Gasteiger partial charge in [0.15, 0.2) is 5.17 Å². The minimum Gasteiger partial charge on any atom is -0.285 e. The summed E-state index contributed by atoms with van der Waals surface area (Å²) in [4.78, 5) is 18.6. The van der Waals surface area contributed by atoms with Crippen LogP contribution in [0.2, 0.25) is 5.15 Å². The molecule has 0 spiro atoms. The summed E-state index contributed by atoms with van der Waals surface area (Å²) in [6, 6.07) is 3.49. The van der Waals surface area contributed by atoms with Gasteiger partial charge in [0.25, 0.3) is 5.91 Å². The van der Waals surface area contributed by atoms with Crippen molar-refractivity contribution in [1.29, 1.82) is 0 Å². The van der Waals surface area contributed by atoms with E-state index in [1.807, 2.05) is 6.92 Å². The van der Waals surface area contributed by atoms with Crippen LogP contribution < -0.4 is 0 Å². The third-order valence-electron chi connectivity index (χ3n) is 2.86. The van der Waals surface area contributed by atoms with Crippen molar-refractivity contribution in [2.24, 2.45) is 5.10 Å². The number of rotatable bonds is 3. The van der Waals surface area contributed by atoms with E-state index in [0.29, 0.717) is 21.8 Å². The number of carbonyl (C=O) groups excluding carboxylic acids is 1. The summed E-state index contributed by atoms with van der Waals surface area (Å²) >= 11 is 7.06. The topological polar surface area (TPSA) is 76.3 Å². The number of hydrogen-bond donors (Lipinski definition) is 0. The van der Waals surface area contributed by atoms with E-state index < -0.39 is 0 Å². The lowest BCUT2D eigenvalue weighted by molar-refractivity contribution is -0.122. The van der Waals surface area contributed by atoms with Crippen LogP contribution >= 0.6 is 23.4 Å². The molecule has 7 nitrogen and oxygen atoms in total. The van der Waals surface area contributed by atoms with Gasteiger partial charge in [0, 0.05) is 12.7 Å². The van der Waals surface area contributed by atoms with Gasteiger partial charge in [-0.2, -0.15) is 0 Å². The largest absolute Gasteiger partial charge is 0.285 e. The van der Waals surface area contributed by atoms with Crippen LogP contribution in [0.25, 0.3) is 6.08 Å². The fourth-order valence-corrected chi connectivity index (χ4v) is 2.99. The van der Waals surface area contributed by atoms with Gasteiger partial charge in [0.1, 0.15) is 17.8 Å². The molecule has 1 amide bonds. The number of thioether (sulfide) groups is 1. The Kier molecular flexibility index (Phi) is 4.21. The van der Waals surface area contributed by atoms with Crippen molar-refractivity contribution in [3.8, 4) is 0 Å². The first-order valence-electron chi connectivity index (χ1n) is 6.44. The third kappa shape index (κ3) is 3.02. The monoisotopic (exact) mass is 334 g/mol. The highest BCUT2D eigenvalue weighted by atomic mass is 35.5. The number of likely N-dealkylation sites (N-methyl/N-ethyl adjacent to an activating group) is 1. The molecule has 22 heavy (non-hydrogen) atoms. The van der Waals surface area contributed by atoms with Crippen LogP contribution in [0.15, 0.2) is 41.0 Å². The van der Waals surface area contributed by atoms with Crippen molar-refractivity contribution >= 4 is 40.5 Å². The molecule has 0 saturated carbocycles. The van der Waals surface area contributed by atoms with E-state index in [0.717, 1.165) is 5.56 Å². The molecule has 1 aliphatic heterocycles. The summed E-state index contributed by atoms with van der Waals surface area (Å²) in [6.07, 6.45) is 6.33. The molecular formula is C13H11ClN6OS. The molecule has 2 aromatic rings. The Balaban J connectivity index is 1.91. The Morgan fingerprint density at radius 3 is 2.77 bits per heavy atom. The lowest BCUT2D eigenvalue weighted by atomic mass is 10.2. The summed E-state index contributed by atoms with van der Waals surface area (Å²) in [5.74, 6) is -0.0886. The van der Waals surface area contributed by atoms with Gasteiger partial charge in [-0.05, 0) is 36.4 Å². The summed E-state index contributed by atoms with van der Waals surface area (Å²) in [6.45, 7) is 2.43. The van der Waals surface area contributed by atoms with Crippen LogP contribution in [0.4, 0.5) is 0 Å². The van der Waals surface area contributed by atoms with Crippen LogP contribution in [0.1, 0.15) is 12.5 Å². The number of aromatic nitrogens is 4. The highest BCUT2D eigenvalue weighted by Crippen LogP contribution is 2.32. The number of nitrogens with zero attached hydrogens (tertiary/aromatic N) is 6. The number of halogens is 1. The lowest BCUT2D eigenvalue weighted by Crippen LogP contribution is -2.29. The molecule has 1 fully saturated rings. The van der Waals surface area contributed by atoms with E-state index >= 15 is 0 Å². The maximum Gasteiger partial charge on any atom is 0.266 e. The molecule has 0 bridgehead atoms. The molecule has 1 saturated heterocycles. The van der Waals surface area contributed by atoms with E-state index in [1.54, 1.807) is 29.3 Å². The number of carbonyl (C=O) groups is 1. The molecule has 1 aliphatic rings. The van der Waals surface area contributed by atoms with E-state index in [2.05, 4.69) is 20.3 Å². The average Bonchev–Trinajstić information content (AvgIpc) is 3.11. The van der Waals surface area contributed by atoms with E-state index in [-0.39, 0.29) is 5.91 Å². The standard InChI is InChI=1S/C13H11ClN6OS/c1-2-20-12(21)10(5-9-3-4-11(14)15-6-9)22-13(20)18-19-7-16-17-8-19/h3-8H,2H2,1H3/b10-5+,18-13-. The Morgan fingerprint density at radius 2 is 2.14 bits per heavy atom. The molecule has 3 rings (SSSR count). The molecule has 9 heteroatoms. The van der Waals surface area contributed by atoms with Gasteiger partial charge in [0.05, 0.1) is 4.91 Å². The number of amides is 1. The van der Waals surface area contributed by atoms with Crippen molar-refractivity contribution in [3.05, 3.63) is 46.6 Å². The first-order valence-corrected chi connectivity index (χ1v) is 7.63. The fourth-order valence-electron chi connectivity index (χ4n) is 1.83. The van der Waals surface area contributed by atoms with Crippen molar-refractivity contribution in [3.63, 3.8) is 0 Å². The van der Waals surface area contributed by atoms with Gasteiger partial charge >= 0.3 is 0 Å². The third-order valence-corrected chi connectivity index (χ3v) is 4.08. The molecule has 0 aromatic carbocycles. The summed E-state index contributed by atoms with van der Waals surface area (Å²) in [5, 5.41) is 12.7. The zero-order valence-corrected chi connectivity index (χ0v) is 13.1. The molecule has 0 N–H and O–H groups in total. The number of pyridine rings is 1. The van der Waals surface area contributed by atoms with Gasteiger partial charge in [-0.15, -0.1) is 15.3 Å². The summed E-state index contributed by atoms with van der Waals surface area (Å²) in [5.41, 5.74) is 0.807. The van der Waals surface area contributed by atoms with E-state index in [1.165, 1.54) is 29.1 Å². The predicted octanol–water partition coefficient (Wildman–Crippen LogP) is 2.08. The smallest absolute Gasteiger partial charge is 0.266 e. The number of hydrogen-bond acceptors (Lipinski definition) is 6. The van der Waals surface area contributed by atoms with Crippen LogP contribution in [0.5, 0.6) is 0 Å². The zero-order chi connectivity index (χ0) is 15.5. The van der Waals surface area contributed by atoms with Crippen molar-refractivity contribution in [2.45, 2.75) is 6.92 Å². The lowest BCUT2D eigenvalue weighted by Gasteiger charge is -2.11. The zero-order valence-electron chi connectivity index (χ0n) is 11.5. The molecule has 0 radical (unpaired) electrons. The second-order valence-corrected chi connectivity index (χ2v) is 5.70. The summed E-state index contributed by atoms with van der Waals surface area (Å²) in [7, 11) is 0. The summed E-state index contributed by atoms with van der Waals surface area (Å²) < 4.78 is 1.46. The first-order chi connectivity index (χ1) is 10.7. The van der Waals surface area contributed by atoms with Crippen LogP contribution in [-0.2, 0) is 4.79 Å². The predicted molar refractivity (Wildman–Crippen MR) is 85.1 cm³/mol. The molecule has 112 valence electrons. The molecule has 0 unspecified atom stereocenters. The van der Waals surface area contributed by atoms with Crippen LogP contribution in [0.3, 0.4) is 0 Å². The van der Waals surface area contributed by atoms with Crippen LogP contribution in [0, 0.1) is 0 Å². The van der Waals surface area contributed by atoms with Crippen molar-refractivity contribution in [2.75, 3.05) is 6.54 Å². The van der Waals surface area contributed by atoms with Crippen molar-refractivity contribution < 1.29 is 4.79 Å². The average molecular weight is 335 g/mol. The normalized spacial score (nSPS) is 18.6. The quantitative estimate of drug-likeness (QED) is 0.634. The molecule has 2 aromatic heterocycles.